The van der Waals surface area contributed by atoms with Crippen molar-refractivity contribution in [3.05, 3.63) is 252 Å². The molecule has 0 radical (unpaired) electrons. The molecule has 0 bridgehead atoms. The van der Waals surface area contributed by atoms with Gasteiger partial charge in [0.05, 0.1) is 11.0 Å². The smallest absolute Gasteiger partial charge is 0.0534 e. The fourth-order valence-electron chi connectivity index (χ4n) is 11.2. The van der Waals surface area contributed by atoms with Gasteiger partial charge in [-0.05, 0) is 136 Å². The van der Waals surface area contributed by atoms with Gasteiger partial charge in [-0.3, -0.25) is 0 Å². The number of fused-ring (bicyclic) bond motifs is 9. The molecule has 348 valence electrons. The second-order valence-electron chi connectivity index (χ2n) is 19.1. The van der Waals surface area contributed by atoms with Gasteiger partial charge in [0.1, 0.15) is 0 Å². The molecular weight excluding hydrogens is 883 g/mol. The van der Waals surface area contributed by atoms with E-state index in [9.17, 15) is 0 Å². The molecule has 0 aliphatic rings. The molecule has 13 aromatic rings. The van der Waals surface area contributed by atoms with E-state index in [0.29, 0.717) is 0 Å². The summed E-state index contributed by atoms with van der Waals surface area (Å²) in [6.45, 7) is 6.31. The molecule has 0 spiro atoms. The number of hydrogen-bond donors (Lipinski definition) is 0. The second-order valence-corrected chi connectivity index (χ2v) is 19.1. The molecule has 3 nitrogen and oxygen atoms in total. The molecule has 0 aliphatic carbocycles. The van der Waals surface area contributed by atoms with Crippen molar-refractivity contribution in [1.29, 1.82) is 0 Å². The lowest BCUT2D eigenvalue weighted by Crippen LogP contribution is -1.92. The molecule has 0 atom stereocenters. The molecule has 10 aromatic carbocycles. The third kappa shape index (κ3) is 8.06. The Balaban J connectivity index is 0.810. The van der Waals surface area contributed by atoms with Crippen LogP contribution in [-0.4, -0.2) is 13.7 Å². The van der Waals surface area contributed by atoms with Crippen LogP contribution in [0.1, 0.15) is 41.7 Å². The Kier molecular flexibility index (Phi) is 11.1. The molecule has 0 fully saturated rings. The van der Waals surface area contributed by atoms with Crippen LogP contribution in [0.5, 0.6) is 0 Å². The topological polar surface area (TPSA) is 14.8 Å². The van der Waals surface area contributed by atoms with Crippen LogP contribution in [0.2, 0.25) is 0 Å². The number of nitrogens with zero attached hydrogens (tertiary/aromatic N) is 3. The first kappa shape index (κ1) is 43.8. The number of benzene rings is 10. The van der Waals surface area contributed by atoms with Gasteiger partial charge in [0.2, 0.25) is 0 Å². The van der Waals surface area contributed by atoms with Gasteiger partial charge in [-0.25, -0.2) is 0 Å². The van der Waals surface area contributed by atoms with Crippen molar-refractivity contribution >= 4 is 102 Å². The molecule has 3 heteroatoms. The van der Waals surface area contributed by atoms with E-state index in [2.05, 4.69) is 289 Å². The Morgan fingerprint density at radius 1 is 0.260 bits per heavy atom. The molecule has 0 saturated heterocycles. The predicted octanol–water partition coefficient (Wildman–Crippen LogP) is 19.0. The fraction of sp³-hybridized carbons (Fsp3) is 0.0571. The molecule has 3 aromatic heterocycles. The Bertz CT molecular complexity index is 4050. The minimum Gasteiger partial charge on any atom is -0.341 e. The Hall–Kier alpha value is -9.18. The summed E-state index contributed by atoms with van der Waals surface area (Å²) in [7, 11) is 0. The van der Waals surface area contributed by atoms with E-state index in [0.717, 1.165) is 29.8 Å². The molecule has 13 rings (SSSR count). The third-order valence-electron chi connectivity index (χ3n) is 14.9. The van der Waals surface area contributed by atoms with Gasteiger partial charge in [0, 0.05) is 73.7 Å². The van der Waals surface area contributed by atoms with Crippen LogP contribution < -0.4 is 0 Å². The highest BCUT2D eigenvalue weighted by molar-refractivity contribution is 6.11. The van der Waals surface area contributed by atoms with Crippen LogP contribution in [0.3, 0.4) is 0 Å². The van der Waals surface area contributed by atoms with Gasteiger partial charge in [-0.15, -0.1) is 0 Å². The van der Waals surface area contributed by atoms with Crippen molar-refractivity contribution in [3.63, 3.8) is 0 Å². The van der Waals surface area contributed by atoms with Gasteiger partial charge >= 0.3 is 0 Å². The maximum Gasteiger partial charge on any atom is 0.0534 e. The van der Waals surface area contributed by atoms with E-state index < -0.39 is 0 Å². The summed E-state index contributed by atoms with van der Waals surface area (Å²) >= 11 is 0. The quantitative estimate of drug-likeness (QED) is 0.115. The van der Waals surface area contributed by atoms with E-state index in [-0.39, 0.29) is 0 Å². The first-order valence-corrected chi connectivity index (χ1v) is 25.6. The van der Waals surface area contributed by atoms with Crippen molar-refractivity contribution < 1.29 is 0 Å². The van der Waals surface area contributed by atoms with Crippen molar-refractivity contribution in [2.45, 2.75) is 26.9 Å². The number of aromatic nitrogens is 3. The lowest BCUT2D eigenvalue weighted by Gasteiger charge is -2.12. The van der Waals surface area contributed by atoms with Crippen molar-refractivity contribution in [2.24, 2.45) is 0 Å². The Morgan fingerprint density at radius 2 is 0.562 bits per heavy atom. The number of aryl methyl sites for hydroxylation is 2. The highest BCUT2D eigenvalue weighted by Gasteiger charge is 2.13. The normalized spacial score (nSPS) is 12.2. The first-order chi connectivity index (χ1) is 36.1. The molecule has 0 N–H and O–H groups in total. The van der Waals surface area contributed by atoms with Crippen molar-refractivity contribution in [1.82, 2.24) is 13.7 Å². The van der Waals surface area contributed by atoms with Crippen molar-refractivity contribution in [3.8, 4) is 33.4 Å². The minimum absolute atomic E-state index is 0.933. The number of para-hydroxylation sites is 4. The van der Waals surface area contributed by atoms with Gasteiger partial charge in [0.25, 0.3) is 0 Å². The van der Waals surface area contributed by atoms with Crippen LogP contribution in [0, 0.1) is 0 Å². The molecule has 0 aliphatic heterocycles. The first-order valence-electron chi connectivity index (χ1n) is 25.6. The summed E-state index contributed by atoms with van der Waals surface area (Å²) in [5, 5.41) is 7.76. The summed E-state index contributed by atoms with van der Waals surface area (Å²) in [4.78, 5) is 0. The maximum atomic E-state index is 2.42. The van der Waals surface area contributed by atoms with Gasteiger partial charge in [-0.1, -0.05) is 194 Å². The summed E-state index contributed by atoms with van der Waals surface area (Å²) < 4.78 is 7.13. The average Bonchev–Trinajstić information content (AvgIpc) is 4.08. The molecule has 0 amide bonds. The van der Waals surface area contributed by atoms with E-state index >= 15 is 0 Å². The third-order valence-corrected chi connectivity index (χ3v) is 14.9. The summed E-state index contributed by atoms with van der Waals surface area (Å²) in [6.07, 6.45) is 13.3. The maximum absolute atomic E-state index is 2.42. The zero-order valence-electron chi connectivity index (χ0n) is 41.1. The van der Waals surface area contributed by atoms with Crippen LogP contribution in [0.4, 0.5) is 0 Å². The number of rotatable bonds is 11. The van der Waals surface area contributed by atoms with Gasteiger partial charge in [0.15, 0.2) is 0 Å². The second kappa shape index (κ2) is 18.5. The average molecular weight is 936 g/mol. The summed E-state index contributed by atoms with van der Waals surface area (Å²) in [6, 6.07) is 82.3. The molecule has 0 saturated carbocycles. The standard InChI is InChI=1S/C70H53N3/c1-3-71-65-17-9-5-15-61(65)63-39-31-51(43-69(63)71)23-21-48-25-33-53(34-26-48)56-45-57(54-35-27-49(28-36-54)22-24-52-32-40-64-62-16-6-10-18-66(62)72(4-2)70(64)44-52)47-58(46-56)55-37-29-50(30-38-55)41-42-73-67-19-11-7-13-59(67)60-14-8-12-20-68(60)73/h5-47H,3-4H2,1-2H3. The highest BCUT2D eigenvalue weighted by atomic mass is 15.0. The monoisotopic (exact) mass is 935 g/mol. The summed E-state index contributed by atoms with van der Waals surface area (Å²) in [5.74, 6) is 0. The van der Waals surface area contributed by atoms with E-state index in [1.165, 1.54) is 110 Å². The molecule has 3 heterocycles. The Labute approximate surface area is 426 Å². The molecule has 0 unspecified atom stereocenters. The van der Waals surface area contributed by atoms with E-state index in [1.807, 2.05) is 0 Å². The molecule has 73 heavy (non-hydrogen) atoms. The van der Waals surface area contributed by atoms with Crippen LogP contribution in [-0.2, 0) is 13.1 Å². The lowest BCUT2D eigenvalue weighted by molar-refractivity contribution is 0.827. The SMILES string of the molecule is CCn1c2ccccc2c2ccc(C=Cc3ccc(-c4cc(-c5ccc(C=Cc6ccc7c8ccccc8n(CC)c7c6)cc5)cc(-c5ccc(C=Cn6c7ccccc7c7ccccc76)cc5)c4)cc3)cc21. The van der Waals surface area contributed by atoms with Crippen LogP contribution >= 0.6 is 0 Å². The minimum atomic E-state index is 0.933. The van der Waals surface area contributed by atoms with Crippen LogP contribution in [0.15, 0.2) is 224 Å². The van der Waals surface area contributed by atoms with Crippen molar-refractivity contribution in [2.75, 3.05) is 0 Å². The largest absolute Gasteiger partial charge is 0.341 e. The Morgan fingerprint density at radius 3 is 0.945 bits per heavy atom. The highest BCUT2D eigenvalue weighted by Crippen LogP contribution is 2.36. The van der Waals surface area contributed by atoms with Gasteiger partial charge < -0.3 is 13.7 Å². The summed E-state index contributed by atoms with van der Waals surface area (Å²) in [5.41, 5.74) is 20.5. The van der Waals surface area contributed by atoms with E-state index in [4.69, 9.17) is 0 Å². The number of hydrogen-bond acceptors (Lipinski definition) is 0. The van der Waals surface area contributed by atoms with Gasteiger partial charge in [-0.2, -0.15) is 0 Å². The lowest BCUT2D eigenvalue weighted by atomic mass is 9.92. The zero-order valence-corrected chi connectivity index (χ0v) is 41.1. The van der Waals surface area contributed by atoms with Crippen LogP contribution in [0.25, 0.3) is 135 Å². The van der Waals surface area contributed by atoms with E-state index in [1.54, 1.807) is 0 Å². The fourth-order valence-corrected chi connectivity index (χ4v) is 11.2. The predicted molar refractivity (Wildman–Crippen MR) is 316 cm³/mol. The zero-order chi connectivity index (χ0) is 48.8. The molecular formula is C70H53N3.